The average Bonchev–Trinajstić information content (AvgIpc) is 3.06. The Labute approximate surface area is 154 Å². The minimum Gasteiger partial charge on any atom is -0.339 e. The molecule has 0 radical (unpaired) electrons. The standard InChI is InChI=1S/C20H26ClN3O/c1-3-7-19-18(20(25)23(2)16-8-5-4-6-9-16)14-22-24(19)17-12-10-15(21)11-13-17/h10-14,16H,3-9H2,1-2H3. The molecule has 2 aromatic rings. The zero-order chi connectivity index (χ0) is 17.8. The SMILES string of the molecule is CCCc1c(C(=O)N(C)C2CCCCC2)cnn1-c1ccc(Cl)cc1. The van der Waals surface area contributed by atoms with Gasteiger partial charge in [0.2, 0.25) is 0 Å². The fourth-order valence-corrected chi connectivity index (χ4v) is 3.78. The molecule has 0 spiro atoms. The predicted octanol–water partition coefficient (Wildman–Crippen LogP) is 4.88. The van der Waals surface area contributed by atoms with E-state index in [4.69, 9.17) is 11.6 Å². The van der Waals surface area contributed by atoms with Crippen molar-refractivity contribution in [1.82, 2.24) is 14.7 Å². The van der Waals surface area contributed by atoms with Crippen molar-refractivity contribution in [3.05, 3.63) is 46.7 Å². The third kappa shape index (κ3) is 3.90. The van der Waals surface area contributed by atoms with Crippen LogP contribution in [0.15, 0.2) is 30.5 Å². The molecule has 1 fully saturated rings. The summed E-state index contributed by atoms with van der Waals surface area (Å²) in [5.41, 5.74) is 2.65. The Morgan fingerprint density at radius 3 is 2.56 bits per heavy atom. The second-order valence-electron chi connectivity index (χ2n) is 6.85. The van der Waals surface area contributed by atoms with Crippen LogP contribution in [0.1, 0.15) is 61.5 Å². The van der Waals surface area contributed by atoms with Crippen molar-refractivity contribution in [3.63, 3.8) is 0 Å². The first kappa shape index (κ1) is 18.0. The lowest BCUT2D eigenvalue weighted by molar-refractivity contribution is 0.0695. The van der Waals surface area contributed by atoms with Crippen LogP contribution in [0.4, 0.5) is 0 Å². The number of carbonyl (C=O) groups is 1. The van der Waals surface area contributed by atoms with Crippen LogP contribution in [0.25, 0.3) is 5.69 Å². The normalized spacial score (nSPS) is 15.3. The van der Waals surface area contributed by atoms with E-state index >= 15 is 0 Å². The quantitative estimate of drug-likeness (QED) is 0.762. The van der Waals surface area contributed by atoms with E-state index in [9.17, 15) is 4.79 Å². The lowest BCUT2D eigenvalue weighted by atomic mass is 9.94. The maximum absolute atomic E-state index is 13.1. The van der Waals surface area contributed by atoms with Gasteiger partial charge in [0.25, 0.3) is 5.91 Å². The molecule has 0 aliphatic heterocycles. The first-order valence-corrected chi connectivity index (χ1v) is 9.59. The summed E-state index contributed by atoms with van der Waals surface area (Å²) in [7, 11) is 1.94. The minimum absolute atomic E-state index is 0.0931. The van der Waals surface area contributed by atoms with E-state index in [0.717, 1.165) is 42.6 Å². The molecule has 0 atom stereocenters. The van der Waals surface area contributed by atoms with Crippen molar-refractivity contribution in [1.29, 1.82) is 0 Å². The Morgan fingerprint density at radius 1 is 1.24 bits per heavy atom. The molecule has 1 aromatic carbocycles. The molecule has 1 heterocycles. The van der Waals surface area contributed by atoms with Crippen molar-refractivity contribution in [2.75, 3.05) is 7.05 Å². The maximum Gasteiger partial charge on any atom is 0.257 e. The highest BCUT2D eigenvalue weighted by atomic mass is 35.5. The Bertz CT molecular complexity index is 717. The maximum atomic E-state index is 13.1. The molecular formula is C20H26ClN3O. The van der Waals surface area contributed by atoms with Crippen molar-refractivity contribution >= 4 is 17.5 Å². The van der Waals surface area contributed by atoms with Gasteiger partial charge in [-0.3, -0.25) is 4.79 Å². The largest absolute Gasteiger partial charge is 0.339 e. The molecule has 0 bridgehead atoms. The number of halogens is 1. The Kier molecular flexibility index (Phi) is 5.79. The molecule has 4 nitrogen and oxygen atoms in total. The van der Waals surface area contributed by atoms with Crippen LogP contribution >= 0.6 is 11.6 Å². The first-order chi connectivity index (χ1) is 12.1. The summed E-state index contributed by atoms with van der Waals surface area (Å²) in [5, 5.41) is 5.20. The lowest BCUT2D eigenvalue weighted by Gasteiger charge is -2.31. The smallest absolute Gasteiger partial charge is 0.257 e. The summed E-state index contributed by atoms with van der Waals surface area (Å²) in [4.78, 5) is 15.0. The summed E-state index contributed by atoms with van der Waals surface area (Å²) in [6, 6.07) is 7.93. The zero-order valence-corrected chi connectivity index (χ0v) is 15.8. The number of hydrogen-bond acceptors (Lipinski definition) is 2. The number of rotatable bonds is 5. The fraction of sp³-hybridized carbons (Fsp3) is 0.500. The van der Waals surface area contributed by atoms with Gasteiger partial charge in [0, 0.05) is 18.1 Å². The van der Waals surface area contributed by atoms with Crippen LogP contribution in [0.5, 0.6) is 0 Å². The van der Waals surface area contributed by atoms with Crippen LogP contribution < -0.4 is 0 Å². The van der Waals surface area contributed by atoms with Gasteiger partial charge in [-0.1, -0.05) is 44.2 Å². The molecule has 134 valence electrons. The van der Waals surface area contributed by atoms with Crippen molar-refractivity contribution < 1.29 is 4.79 Å². The van der Waals surface area contributed by atoms with Crippen LogP contribution in [-0.2, 0) is 6.42 Å². The summed E-state index contributed by atoms with van der Waals surface area (Å²) < 4.78 is 1.88. The number of hydrogen-bond donors (Lipinski definition) is 0. The molecular weight excluding hydrogens is 334 g/mol. The monoisotopic (exact) mass is 359 g/mol. The molecule has 0 N–H and O–H groups in total. The van der Waals surface area contributed by atoms with E-state index in [2.05, 4.69) is 12.0 Å². The molecule has 1 amide bonds. The number of aromatic nitrogens is 2. The molecule has 1 aromatic heterocycles. The molecule has 0 saturated heterocycles. The highest BCUT2D eigenvalue weighted by Crippen LogP contribution is 2.25. The molecule has 5 heteroatoms. The van der Waals surface area contributed by atoms with Crippen LogP contribution in [0.2, 0.25) is 5.02 Å². The van der Waals surface area contributed by atoms with E-state index in [1.54, 1.807) is 6.20 Å². The minimum atomic E-state index is 0.0931. The van der Waals surface area contributed by atoms with E-state index in [0.29, 0.717) is 11.1 Å². The number of amides is 1. The van der Waals surface area contributed by atoms with Crippen LogP contribution in [0.3, 0.4) is 0 Å². The van der Waals surface area contributed by atoms with Gasteiger partial charge in [0.15, 0.2) is 0 Å². The van der Waals surface area contributed by atoms with E-state index in [1.165, 1.54) is 19.3 Å². The van der Waals surface area contributed by atoms with Gasteiger partial charge in [0.1, 0.15) is 0 Å². The summed E-state index contributed by atoms with van der Waals surface area (Å²) in [5.74, 6) is 0.0931. The van der Waals surface area contributed by atoms with Crippen LogP contribution in [0, 0.1) is 0 Å². The third-order valence-corrected chi connectivity index (χ3v) is 5.35. The molecule has 3 rings (SSSR count). The van der Waals surface area contributed by atoms with E-state index in [1.807, 2.05) is 40.9 Å². The Hall–Kier alpha value is -1.81. The fourth-order valence-electron chi connectivity index (χ4n) is 3.66. The Morgan fingerprint density at radius 2 is 1.92 bits per heavy atom. The molecule has 1 aliphatic rings. The number of nitrogens with zero attached hydrogens (tertiary/aromatic N) is 3. The summed E-state index contributed by atoms with van der Waals surface area (Å²) in [6.45, 7) is 2.12. The zero-order valence-electron chi connectivity index (χ0n) is 15.0. The highest BCUT2D eigenvalue weighted by Gasteiger charge is 2.26. The van der Waals surface area contributed by atoms with Gasteiger partial charge >= 0.3 is 0 Å². The van der Waals surface area contributed by atoms with E-state index in [-0.39, 0.29) is 5.91 Å². The lowest BCUT2D eigenvalue weighted by Crippen LogP contribution is -2.38. The highest BCUT2D eigenvalue weighted by molar-refractivity contribution is 6.30. The Balaban J connectivity index is 1.90. The van der Waals surface area contributed by atoms with Gasteiger partial charge in [0.05, 0.1) is 23.1 Å². The van der Waals surface area contributed by atoms with Crippen molar-refractivity contribution in [3.8, 4) is 5.69 Å². The van der Waals surface area contributed by atoms with Gasteiger partial charge in [-0.05, 0) is 43.5 Å². The predicted molar refractivity (Wildman–Crippen MR) is 102 cm³/mol. The molecule has 1 saturated carbocycles. The second kappa shape index (κ2) is 8.05. The van der Waals surface area contributed by atoms with Gasteiger partial charge < -0.3 is 4.90 Å². The number of benzene rings is 1. The summed E-state index contributed by atoms with van der Waals surface area (Å²) in [6.07, 6.45) is 9.44. The van der Waals surface area contributed by atoms with Gasteiger partial charge in [-0.2, -0.15) is 5.10 Å². The molecule has 0 unspecified atom stereocenters. The summed E-state index contributed by atoms with van der Waals surface area (Å²) >= 11 is 5.99. The van der Waals surface area contributed by atoms with Crippen molar-refractivity contribution in [2.24, 2.45) is 0 Å². The van der Waals surface area contributed by atoms with E-state index < -0.39 is 0 Å². The average molecular weight is 360 g/mol. The first-order valence-electron chi connectivity index (χ1n) is 9.21. The third-order valence-electron chi connectivity index (χ3n) is 5.10. The number of carbonyl (C=O) groups excluding carboxylic acids is 1. The molecule has 1 aliphatic carbocycles. The topological polar surface area (TPSA) is 38.1 Å². The van der Waals surface area contributed by atoms with Crippen molar-refractivity contribution in [2.45, 2.75) is 57.9 Å². The van der Waals surface area contributed by atoms with Crippen LogP contribution in [-0.4, -0.2) is 33.7 Å². The van der Waals surface area contributed by atoms with Gasteiger partial charge in [-0.25, -0.2) is 4.68 Å². The molecule has 25 heavy (non-hydrogen) atoms. The van der Waals surface area contributed by atoms with Gasteiger partial charge in [-0.15, -0.1) is 0 Å². The second-order valence-corrected chi connectivity index (χ2v) is 7.29.